The number of rotatable bonds is 5. The van der Waals surface area contributed by atoms with E-state index in [2.05, 4.69) is 10.4 Å². The van der Waals surface area contributed by atoms with Crippen LogP contribution < -0.4 is 11.3 Å². The third kappa shape index (κ3) is 3.73. The molecule has 1 unspecified atom stereocenters. The number of benzene rings is 1. The van der Waals surface area contributed by atoms with Gasteiger partial charge in [-0.1, -0.05) is 23.7 Å². The first-order valence-electron chi connectivity index (χ1n) is 5.90. The molecule has 0 aliphatic carbocycles. The lowest BCUT2D eigenvalue weighted by Crippen LogP contribution is -2.38. The molecule has 6 heteroatoms. The summed E-state index contributed by atoms with van der Waals surface area (Å²) >= 11 is 7.55. The minimum Gasteiger partial charge on any atom is -0.271 e. The summed E-state index contributed by atoms with van der Waals surface area (Å²) < 4.78 is 13.4. The van der Waals surface area contributed by atoms with Gasteiger partial charge in [-0.3, -0.25) is 11.3 Å². The fraction of sp³-hybridized carbons (Fsp3) is 0.308. The van der Waals surface area contributed by atoms with Gasteiger partial charge in [-0.25, -0.2) is 9.37 Å². The van der Waals surface area contributed by atoms with Crippen LogP contribution in [0.1, 0.15) is 16.3 Å². The van der Waals surface area contributed by atoms with Gasteiger partial charge in [0.25, 0.3) is 0 Å². The van der Waals surface area contributed by atoms with E-state index in [4.69, 9.17) is 17.4 Å². The van der Waals surface area contributed by atoms with Crippen molar-refractivity contribution in [3.8, 4) is 0 Å². The number of aryl methyl sites for hydroxylation is 1. The maximum absolute atomic E-state index is 13.4. The van der Waals surface area contributed by atoms with Gasteiger partial charge < -0.3 is 0 Å². The van der Waals surface area contributed by atoms with Gasteiger partial charge in [0.05, 0.1) is 15.7 Å². The van der Waals surface area contributed by atoms with Gasteiger partial charge in [-0.2, -0.15) is 0 Å². The SMILES string of the molecule is Cc1nc(CC(Cc2cccc(F)c2Cl)NN)cs1. The van der Waals surface area contributed by atoms with Crippen molar-refractivity contribution in [2.75, 3.05) is 0 Å². The third-order valence-corrected chi connectivity index (χ3v) is 4.10. The maximum atomic E-state index is 13.4. The normalized spacial score (nSPS) is 12.6. The van der Waals surface area contributed by atoms with E-state index in [0.29, 0.717) is 12.8 Å². The zero-order valence-corrected chi connectivity index (χ0v) is 12.1. The number of nitrogens with zero attached hydrogens (tertiary/aromatic N) is 1. The van der Waals surface area contributed by atoms with E-state index < -0.39 is 5.82 Å². The van der Waals surface area contributed by atoms with Crippen molar-refractivity contribution in [2.24, 2.45) is 5.84 Å². The molecule has 19 heavy (non-hydrogen) atoms. The van der Waals surface area contributed by atoms with E-state index in [9.17, 15) is 4.39 Å². The molecular formula is C13H15ClFN3S. The fourth-order valence-electron chi connectivity index (χ4n) is 1.92. The number of aromatic nitrogens is 1. The van der Waals surface area contributed by atoms with Gasteiger partial charge >= 0.3 is 0 Å². The Kier molecular flexibility index (Phi) is 4.87. The second-order valence-electron chi connectivity index (χ2n) is 4.34. The number of hydrazine groups is 1. The van der Waals surface area contributed by atoms with Crippen molar-refractivity contribution in [3.63, 3.8) is 0 Å². The van der Waals surface area contributed by atoms with Gasteiger partial charge in [-0.05, 0) is 25.0 Å². The summed E-state index contributed by atoms with van der Waals surface area (Å²) in [5.74, 6) is 5.15. The van der Waals surface area contributed by atoms with Crippen molar-refractivity contribution >= 4 is 22.9 Å². The van der Waals surface area contributed by atoms with E-state index in [1.165, 1.54) is 6.07 Å². The Morgan fingerprint density at radius 3 is 2.89 bits per heavy atom. The first kappa shape index (κ1) is 14.4. The zero-order chi connectivity index (χ0) is 13.8. The van der Waals surface area contributed by atoms with Crippen molar-refractivity contribution in [1.29, 1.82) is 0 Å². The van der Waals surface area contributed by atoms with Crippen molar-refractivity contribution < 1.29 is 4.39 Å². The molecule has 102 valence electrons. The lowest BCUT2D eigenvalue weighted by molar-refractivity contribution is 0.516. The molecule has 0 aliphatic rings. The van der Waals surface area contributed by atoms with Gasteiger partial charge in [-0.15, -0.1) is 11.3 Å². The van der Waals surface area contributed by atoms with Crippen molar-refractivity contribution in [2.45, 2.75) is 25.8 Å². The summed E-state index contributed by atoms with van der Waals surface area (Å²) in [4.78, 5) is 4.40. The molecule has 2 rings (SSSR count). The summed E-state index contributed by atoms with van der Waals surface area (Å²) in [7, 11) is 0. The molecule has 0 saturated heterocycles. The second-order valence-corrected chi connectivity index (χ2v) is 5.78. The summed E-state index contributed by atoms with van der Waals surface area (Å²) in [5.41, 5.74) is 4.47. The van der Waals surface area contributed by atoms with Crippen LogP contribution in [0.3, 0.4) is 0 Å². The second kappa shape index (κ2) is 6.43. The molecular weight excluding hydrogens is 285 g/mol. The van der Waals surface area contributed by atoms with E-state index in [1.54, 1.807) is 17.4 Å². The predicted octanol–water partition coefficient (Wildman–Crippen LogP) is 2.86. The Labute approximate surface area is 120 Å². The number of nitrogens with one attached hydrogen (secondary N) is 1. The van der Waals surface area contributed by atoms with E-state index in [0.717, 1.165) is 16.3 Å². The van der Waals surface area contributed by atoms with E-state index in [-0.39, 0.29) is 11.1 Å². The minimum atomic E-state index is -0.403. The molecule has 1 heterocycles. The Morgan fingerprint density at radius 2 is 2.26 bits per heavy atom. The van der Waals surface area contributed by atoms with E-state index in [1.807, 2.05) is 18.4 Å². The summed E-state index contributed by atoms with van der Waals surface area (Å²) in [5, 5.41) is 3.19. The predicted molar refractivity (Wildman–Crippen MR) is 76.8 cm³/mol. The minimum absolute atomic E-state index is 0.0270. The molecule has 0 saturated carbocycles. The Bertz CT molecular complexity index is 559. The highest BCUT2D eigenvalue weighted by Crippen LogP contribution is 2.21. The lowest BCUT2D eigenvalue weighted by Gasteiger charge is -2.15. The van der Waals surface area contributed by atoms with Crippen LogP contribution in [0.4, 0.5) is 4.39 Å². The molecule has 3 nitrogen and oxygen atoms in total. The smallest absolute Gasteiger partial charge is 0.142 e. The first-order valence-corrected chi connectivity index (χ1v) is 7.16. The van der Waals surface area contributed by atoms with Gasteiger partial charge in [0.1, 0.15) is 5.82 Å². The first-order chi connectivity index (χ1) is 9.10. The maximum Gasteiger partial charge on any atom is 0.142 e. The van der Waals surface area contributed by atoms with Crippen LogP contribution >= 0.6 is 22.9 Å². The molecule has 0 amide bonds. The number of hydrogen-bond donors (Lipinski definition) is 2. The summed E-state index contributed by atoms with van der Waals surface area (Å²) in [6, 6.07) is 4.78. The highest BCUT2D eigenvalue weighted by molar-refractivity contribution is 7.09. The monoisotopic (exact) mass is 299 g/mol. The van der Waals surface area contributed by atoms with Crippen LogP contribution in [-0.4, -0.2) is 11.0 Å². The molecule has 0 radical (unpaired) electrons. The molecule has 1 atom stereocenters. The number of thiazole rings is 1. The Hall–Kier alpha value is -1.01. The van der Waals surface area contributed by atoms with E-state index >= 15 is 0 Å². The molecule has 3 N–H and O–H groups in total. The topological polar surface area (TPSA) is 50.9 Å². The quantitative estimate of drug-likeness (QED) is 0.659. The van der Waals surface area contributed by atoms with Crippen LogP contribution in [0.25, 0.3) is 0 Å². The Balaban J connectivity index is 2.08. The van der Waals surface area contributed by atoms with Crippen LogP contribution in [-0.2, 0) is 12.8 Å². The summed E-state index contributed by atoms with van der Waals surface area (Å²) in [6.45, 7) is 1.96. The van der Waals surface area contributed by atoms with Crippen LogP contribution in [0.5, 0.6) is 0 Å². The summed E-state index contributed by atoms with van der Waals surface area (Å²) in [6.07, 6.45) is 1.25. The average Bonchev–Trinajstić information content (AvgIpc) is 2.79. The third-order valence-electron chi connectivity index (χ3n) is 2.86. The van der Waals surface area contributed by atoms with Crippen molar-refractivity contribution in [3.05, 3.63) is 50.7 Å². The zero-order valence-electron chi connectivity index (χ0n) is 10.5. The largest absolute Gasteiger partial charge is 0.271 e. The number of hydrogen-bond acceptors (Lipinski definition) is 4. The van der Waals surface area contributed by atoms with Gasteiger partial charge in [0.2, 0.25) is 0 Å². The average molecular weight is 300 g/mol. The van der Waals surface area contributed by atoms with Crippen LogP contribution in [0, 0.1) is 12.7 Å². The molecule has 1 aromatic heterocycles. The number of halogens is 2. The number of nitrogens with two attached hydrogens (primary N) is 1. The van der Waals surface area contributed by atoms with Gasteiger partial charge in [0.15, 0.2) is 0 Å². The van der Waals surface area contributed by atoms with Crippen LogP contribution in [0.2, 0.25) is 5.02 Å². The fourth-order valence-corrected chi connectivity index (χ4v) is 2.74. The standard InChI is InChI=1S/C13H15ClFN3S/c1-8-17-11(7-19-8)6-10(18-16)5-9-3-2-4-12(15)13(9)14/h2-4,7,10,18H,5-6,16H2,1H3. The molecule has 0 fully saturated rings. The Morgan fingerprint density at radius 1 is 1.47 bits per heavy atom. The highest BCUT2D eigenvalue weighted by atomic mass is 35.5. The van der Waals surface area contributed by atoms with Crippen LogP contribution in [0.15, 0.2) is 23.6 Å². The molecule has 0 aliphatic heterocycles. The van der Waals surface area contributed by atoms with Gasteiger partial charge in [0, 0.05) is 17.8 Å². The molecule has 1 aromatic carbocycles. The highest BCUT2D eigenvalue weighted by Gasteiger charge is 2.14. The van der Waals surface area contributed by atoms with Crippen molar-refractivity contribution in [1.82, 2.24) is 10.4 Å². The molecule has 0 bridgehead atoms. The molecule has 0 spiro atoms. The lowest BCUT2D eigenvalue weighted by atomic mass is 10.0. The molecule has 2 aromatic rings.